The van der Waals surface area contributed by atoms with Crippen molar-refractivity contribution in [2.24, 2.45) is 5.73 Å². The summed E-state index contributed by atoms with van der Waals surface area (Å²) in [5.41, 5.74) is 9.28. The van der Waals surface area contributed by atoms with E-state index in [2.05, 4.69) is 30.3 Å². The van der Waals surface area contributed by atoms with Crippen LogP contribution in [0.4, 0.5) is 4.39 Å². The summed E-state index contributed by atoms with van der Waals surface area (Å²) in [5.74, 6) is -0.235. The maximum Gasteiger partial charge on any atom is 0.123 e. The highest BCUT2D eigenvalue weighted by Gasteiger charge is 2.42. The zero-order valence-electron chi connectivity index (χ0n) is 17.7. The molecule has 1 aliphatic heterocycles. The summed E-state index contributed by atoms with van der Waals surface area (Å²) in [6.45, 7) is 4.53. The summed E-state index contributed by atoms with van der Waals surface area (Å²) in [7, 11) is 0. The van der Waals surface area contributed by atoms with Gasteiger partial charge in [-0.15, -0.1) is 0 Å². The lowest BCUT2D eigenvalue weighted by molar-refractivity contribution is -0.0161. The second-order valence-corrected chi connectivity index (χ2v) is 9.82. The minimum absolute atomic E-state index is 0.235. The Morgan fingerprint density at radius 2 is 1.71 bits per heavy atom. The second kappa shape index (κ2) is 8.47. The fourth-order valence-corrected chi connectivity index (χ4v) is 4.79. The number of benzene rings is 3. The number of rotatable bonds is 6. The van der Waals surface area contributed by atoms with Crippen molar-refractivity contribution in [2.75, 3.05) is 0 Å². The van der Waals surface area contributed by atoms with E-state index in [4.69, 9.17) is 10.5 Å². The molecule has 0 aromatic heterocycles. The standard InChI is InChI=1S/C26H25FN2OS/c1-25(2,29)13-14-26(24-12-3-18(16-28)15-19(24)17-30-26)20-4-8-22(9-5-20)31-23-10-6-21(27)7-11-23/h3-12,15H,13-14,17,29H2,1-2H3. The zero-order valence-corrected chi connectivity index (χ0v) is 18.5. The molecule has 0 bridgehead atoms. The number of halogens is 1. The van der Waals surface area contributed by atoms with Gasteiger partial charge in [0, 0.05) is 15.3 Å². The van der Waals surface area contributed by atoms with Crippen molar-refractivity contribution in [2.45, 2.75) is 54.2 Å². The first-order chi connectivity index (χ1) is 14.8. The number of hydrogen-bond acceptors (Lipinski definition) is 4. The summed E-state index contributed by atoms with van der Waals surface area (Å²) in [4.78, 5) is 2.06. The van der Waals surface area contributed by atoms with Crippen molar-refractivity contribution >= 4 is 11.8 Å². The van der Waals surface area contributed by atoms with E-state index >= 15 is 0 Å². The van der Waals surface area contributed by atoms with Gasteiger partial charge in [0.2, 0.25) is 0 Å². The topological polar surface area (TPSA) is 59.0 Å². The molecule has 2 N–H and O–H groups in total. The van der Waals surface area contributed by atoms with Crippen LogP contribution in [-0.2, 0) is 16.9 Å². The van der Waals surface area contributed by atoms with Crippen LogP contribution in [0.2, 0.25) is 0 Å². The second-order valence-electron chi connectivity index (χ2n) is 8.67. The SMILES string of the molecule is CC(C)(N)CCC1(c2ccc(Sc3ccc(F)cc3)cc2)OCc2cc(C#N)ccc21. The molecule has 1 heterocycles. The van der Waals surface area contributed by atoms with E-state index in [9.17, 15) is 9.65 Å². The molecule has 1 atom stereocenters. The summed E-state index contributed by atoms with van der Waals surface area (Å²) in [5, 5.41) is 9.26. The smallest absolute Gasteiger partial charge is 0.123 e. The van der Waals surface area contributed by atoms with Gasteiger partial charge < -0.3 is 10.5 Å². The molecule has 158 valence electrons. The molecule has 31 heavy (non-hydrogen) atoms. The molecule has 3 aromatic carbocycles. The molecule has 1 aliphatic rings. The van der Waals surface area contributed by atoms with Crippen LogP contribution in [0, 0.1) is 17.1 Å². The summed E-state index contributed by atoms with van der Waals surface area (Å²) < 4.78 is 19.6. The minimum atomic E-state index is -0.584. The quantitative estimate of drug-likeness (QED) is 0.508. The Kier molecular flexibility index (Phi) is 5.90. The Hall–Kier alpha value is -2.65. The molecule has 0 radical (unpaired) electrons. The molecule has 3 aromatic rings. The third-order valence-electron chi connectivity index (χ3n) is 5.63. The van der Waals surface area contributed by atoms with E-state index < -0.39 is 5.60 Å². The Morgan fingerprint density at radius 1 is 1.06 bits per heavy atom. The molecular formula is C26H25FN2OS. The monoisotopic (exact) mass is 432 g/mol. The Balaban J connectivity index is 1.67. The molecule has 0 fully saturated rings. The largest absolute Gasteiger partial charge is 0.361 e. The number of nitriles is 1. The van der Waals surface area contributed by atoms with E-state index in [1.807, 2.05) is 32.0 Å². The first-order valence-corrected chi connectivity index (χ1v) is 11.1. The molecule has 0 amide bonds. The molecular weight excluding hydrogens is 407 g/mol. The fraction of sp³-hybridized carbons (Fsp3) is 0.269. The lowest BCUT2D eigenvalue weighted by Gasteiger charge is -2.33. The summed E-state index contributed by atoms with van der Waals surface area (Å²) in [6.07, 6.45) is 1.54. The number of nitrogens with zero attached hydrogens (tertiary/aromatic N) is 1. The maximum atomic E-state index is 13.2. The Bertz CT molecular complexity index is 1110. The van der Waals surface area contributed by atoms with Crippen LogP contribution in [0.25, 0.3) is 0 Å². The molecule has 5 heteroatoms. The highest BCUT2D eigenvalue weighted by atomic mass is 32.2. The fourth-order valence-electron chi connectivity index (χ4n) is 3.97. The van der Waals surface area contributed by atoms with Gasteiger partial charge in [-0.2, -0.15) is 5.26 Å². The average molecular weight is 433 g/mol. The van der Waals surface area contributed by atoms with Crippen molar-refractivity contribution in [3.63, 3.8) is 0 Å². The van der Waals surface area contributed by atoms with Crippen LogP contribution in [0.3, 0.4) is 0 Å². The molecule has 4 rings (SSSR count). The van der Waals surface area contributed by atoms with E-state index in [-0.39, 0.29) is 11.4 Å². The number of ether oxygens (including phenoxy) is 1. The average Bonchev–Trinajstić information content (AvgIpc) is 3.13. The Labute approximate surface area is 187 Å². The zero-order chi connectivity index (χ0) is 22.1. The molecule has 0 saturated heterocycles. The van der Waals surface area contributed by atoms with Crippen molar-refractivity contribution in [1.82, 2.24) is 0 Å². The van der Waals surface area contributed by atoms with Crippen LogP contribution in [0.5, 0.6) is 0 Å². The third-order valence-corrected chi connectivity index (χ3v) is 6.65. The van der Waals surface area contributed by atoms with Crippen molar-refractivity contribution in [1.29, 1.82) is 5.26 Å². The molecule has 0 saturated carbocycles. The lowest BCUT2D eigenvalue weighted by Crippen LogP contribution is -2.36. The van der Waals surface area contributed by atoms with Crippen LogP contribution >= 0.6 is 11.8 Å². The Morgan fingerprint density at radius 3 is 2.32 bits per heavy atom. The van der Waals surface area contributed by atoms with Gasteiger partial charge in [-0.3, -0.25) is 0 Å². The molecule has 0 aliphatic carbocycles. The van der Waals surface area contributed by atoms with Crippen molar-refractivity contribution in [3.8, 4) is 6.07 Å². The van der Waals surface area contributed by atoms with Crippen LogP contribution in [-0.4, -0.2) is 5.54 Å². The molecule has 3 nitrogen and oxygen atoms in total. The van der Waals surface area contributed by atoms with Crippen molar-refractivity contribution < 1.29 is 9.13 Å². The van der Waals surface area contributed by atoms with Crippen LogP contribution in [0.15, 0.2) is 76.5 Å². The van der Waals surface area contributed by atoms with Crippen LogP contribution < -0.4 is 5.73 Å². The normalized spacial score (nSPS) is 17.9. The molecule has 0 spiro atoms. The lowest BCUT2D eigenvalue weighted by atomic mass is 9.79. The molecule has 1 unspecified atom stereocenters. The van der Waals surface area contributed by atoms with Gasteiger partial charge in [-0.25, -0.2) is 4.39 Å². The highest BCUT2D eigenvalue weighted by Crippen LogP contribution is 2.46. The highest BCUT2D eigenvalue weighted by molar-refractivity contribution is 7.99. The van der Waals surface area contributed by atoms with Gasteiger partial charge >= 0.3 is 0 Å². The van der Waals surface area contributed by atoms with E-state index in [0.29, 0.717) is 12.2 Å². The van der Waals surface area contributed by atoms with Gasteiger partial charge in [-0.05, 0) is 91.9 Å². The maximum absolute atomic E-state index is 13.2. The predicted octanol–water partition coefficient (Wildman–Crippen LogP) is 6.14. The van der Waals surface area contributed by atoms with Gasteiger partial charge in [0.1, 0.15) is 11.4 Å². The van der Waals surface area contributed by atoms with Gasteiger partial charge in [0.15, 0.2) is 0 Å². The van der Waals surface area contributed by atoms with E-state index in [1.54, 1.807) is 23.9 Å². The number of nitrogens with two attached hydrogens (primary N) is 1. The minimum Gasteiger partial charge on any atom is -0.361 e. The van der Waals surface area contributed by atoms with Gasteiger partial charge in [0.05, 0.1) is 18.2 Å². The third kappa shape index (κ3) is 4.67. The van der Waals surface area contributed by atoms with Crippen LogP contribution in [0.1, 0.15) is 48.9 Å². The number of fused-ring (bicyclic) bond motifs is 1. The van der Waals surface area contributed by atoms with Gasteiger partial charge in [0.25, 0.3) is 0 Å². The first-order valence-electron chi connectivity index (χ1n) is 10.3. The predicted molar refractivity (Wildman–Crippen MR) is 121 cm³/mol. The van der Waals surface area contributed by atoms with Gasteiger partial charge in [-0.1, -0.05) is 30.0 Å². The van der Waals surface area contributed by atoms with Crippen molar-refractivity contribution in [3.05, 3.63) is 94.8 Å². The van der Waals surface area contributed by atoms with E-state index in [1.165, 1.54) is 12.1 Å². The number of hydrogen-bond donors (Lipinski definition) is 1. The first kappa shape index (κ1) is 21.6. The summed E-state index contributed by atoms with van der Waals surface area (Å²) in [6, 6.07) is 22.9. The summed E-state index contributed by atoms with van der Waals surface area (Å²) >= 11 is 1.59. The van der Waals surface area contributed by atoms with E-state index in [0.717, 1.165) is 39.3 Å².